The number of hydrogen-bond donors (Lipinski definition) is 1. The first-order valence-electron chi connectivity index (χ1n) is 10.3. The number of hydrogen-bond acceptors (Lipinski definition) is 5. The van der Waals surface area contributed by atoms with Crippen LogP contribution in [0.2, 0.25) is 0 Å². The quantitative estimate of drug-likeness (QED) is 0.795. The van der Waals surface area contributed by atoms with Gasteiger partial charge in [0.25, 0.3) is 11.8 Å². The van der Waals surface area contributed by atoms with Gasteiger partial charge in [0.1, 0.15) is 5.70 Å². The van der Waals surface area contributed by atoms with Gasteiger partial charge in [0.2, 0.25) is 0 Å². The van der Waals surface area contributed by atoms with Crippen molar-refractivity contribution >= 4 is 28.8 Å². The van der Waals surface area contributed by atoms with E-state index in [4.69, 9.17) is 0 Å². The second-order valence-electron chi connectivity index (χ2n) is 8.20. The van der Waals surface area contributed by atoms with Crippen LogP contribution in [-0.2, 0) is 9.59 Å². The second-order valence-corrected chi connectivity index (χ2v) is 8.20. The minimum absolute atomic E-state index is 0.275. The summed E-state index contributed by atoms with van der Waals surface area (Å²) in [5.74, 6) is -0.582. The molecule has 156 valence electrons. The number of nitrogens with zero attached hydrogens (tertiary/aromatic N) is 3. The third kappa shape index (κ3) is 3.71. The third-order valence-electron chi connectivity index (χ3n) is 5.94. The van der Waals surface area contributed by atoms with E-state index in [1.54, 1.807) is 0 Å². The van der Waals surface area contributed by atoms with Crippen LogP contribution in [0.5, 0.6) is 0 Å². The van der Waals surface area contributed by atoms with Crippen LogP contribution >= 0.6 is 0 Å². The Hall–Kier alpha value is -3.12. The Labute approximate surface area is 177 Å². The van der Waals surface area contributed by atoms with Gasteiger partial charge in [0.05, 0.1) is 5.57 Å². The average molecular weight is 405 g/mol. The topological polar surface area (TPSA) is 55.9 Å². The summed E-state index contributed by atoms with van der Waals surface area (Å²) in [5, 5.41) is 3.22. The van der Waals surface area contributed by atoms with Gasteiger partial charge in [0, 0.05) is 44.6 Å². The number of anilines is 2. The fourth-order valence-corrected chi connectivity index (χ4v) is 4.07. The molecular formula is C24H28N4O2. The van der Waals surface area contributed by atoms with E-state index < -0.39 is 0 Å². The lowest BCUT2D eigenvalue weighted by Gasteiger charge is -2.34. The standard InChI is InChI=1S/C24H28N4O2/c1-16-5-10-20(17(2)15-16)21-22(24(30)27(4)23(21)29)25-18-6-8-19(9-7-18)28-13-11-26(3)12-14-28/h5-10,15,25H,11-14H2,1-4H3. The molecule has 0 aliphatic carbocycles. The number of carbonyl (C=O) groups is 2. The third-order valence-corrected chi connectivity index (χ3v) is 5.94. The van der Waals surface area contributed by atoms with E-state index in [1.165, 1.54) is 17.6 Å². The number of imide groups is 1. The molecule has 0 spiro atoms. The predicted molar refractivity (Wildman–Crippen MR) is 120 cm³/mol. The first kappa shape index (κ1) is 20.2. The predicted octanol–water partition coefficient (Wildman–Crippen LogP) is 2.88. The number of benzene rings is 2. The first-order valence-corrected chi connectivity index (χ1v) is 10.3. The summed E-state index contributed by atoms with van der Waals surface area (Å²) in [6, 6.07) is 14.0. The van der Waals surface area contributed by atoms with Gasteiger partial charge in [-0.25, -0.2) is 0 Å². The van der Waals surface area contributed by atoms with Gasteiger partial charge in [-0.15, -0.1) is 0 Å². The van der Waals surface area contributed by atoms with Crippen molar-refractivity contribution in [3.05, 3.63) is 64.9 Å². The van der Waals surface area contributed by atoms with E-state index in [0.29, 0.717) is 11.3 Å². The molecule has 0 unspecified atom stereocenters. The highest BCUT2D eigenvalue weighted by Gasteiger charge is 2.37. The minimum atomic E-state index is -0.307. The molecule has 2 amide bonds. The molecule has 1 fully saturated rings. The van der Waals surface area contributed by atoms with Crippen LogP contribution in [0.4, 0.5) is 11.4 Å². The van der Waals surface area contributed by atoms with Gasteiger partial charge in [-0.05, 0) is 56.3 Å². The molecule has 0 radical (unpaired) electrons. The average Bonchev–Trinajstić information content (AvgIpc) is 2.93. The fraction of sp³-hybridized carbons (Fsp3) is 0.333. The van der Waals surface area contributed by atoms with Crippen LogP contribution in [0.3, 0.4) is 0 Å². The number of aryl methyl sites for hydroxylation is 2. The Balaban J connectivity index is 1.63. The summed E-state index contributed by atoms with van der Waals surface area (Å²) in [6.45, 7) is 8.09. The van der Waals surface area contributed by atoms with Gasteiger partial charge < -0.3 is 15.1 Å². The monoisotopic (exact) mass is 404 g/mol. The van der Waals surface area contributed by atoms with E-state index in [0.717, 1.165) is 48.6 Å². The lowest BCUT2D eigenvalue weighted by Crippen LogP contribution is -2.44. The molecule has 30 heavy (non-hydrogen) atoms. The summed E-state index contributed by atoms with van der Waals surface area (Å²) < 4.78 is 0. The van der Waals surface area contributed by atoms with Crippen molar-refractivity contribution < 1.29 is 9.59 Å². The zero-order valence-corrected chi connectivity index (χ0v) is 18.0. The number of rotatable bonds is 4. The maximum Gasteiger partial charge on any atom is 0.277 e. The SMILES string of the molecule is Cc1ccc(C2=C(Nc3ccc(N4CCN(C)CC4)cc3)C(=O)N(C)C2=O)c(C)c1. The Morgan fingerprint density at radius 3 is 2.13 bits per heavy atom. The van der Waals surface area contributed by atoms with Crippen LogP contribution in [0.1, 0.15) is 16.7 Å². The van der Waals surface area contributed by atoms with Crippen molar-refractivity contribution in [3.8, 4) is 0 Å². The number of nitrogens with one attached hydrogen (secondary N) is 1. The van der Waals surface area contributed by atoms with Gasteiger partial charge >= 0.3 is 0 Å². The molecule has 2 aliphatic heterocycles. The number of likely N-dealkylation sites (N-methyl/N-ethyl adjacent to an activating group) is 2. The number of piperazine rings is 1. The van der Waals surface area contributed by atoms with Crippen molar-refractivity contribution in [3.63, 3.8) is 0 Å². The van der Waals surface area contributed by atoms with E-state index >= 15 is 0 Å². The van der Waals surface area contributed by atoms with Crippen molar-refractivity contribution in [2.75, 3.05) is 50.5 Å². The van der Waals surface area contributed by atoms with Crippen molar-refractivity contribution in [1.29, 1.82) is 0 Å². The van der Waals surface area contributed by atoms with E-state index in [-0.39, 0.29) is 11.8 Å². The molecule has 6 heteroatoms. The van der Waals surface area contributed by atoms with Crippen LogP contribution in [-0.4, -0.2) is 61.9 Å². The molecule has 1 N–H and O–H groups in total. The Morgan fingerprint density at radius 1 is 0.833 bits per heavy atom. The van der Waals surface area contributed by atoms with Crippen molar-refractivity contribution in [2.45, 2.75) is 13.8 Å². The summed E-state index contributed by atoms with van der Waals surface area (Å²) in [4.78, 5) is 31.5. The van der Waals surface area contributed by atoms with E-state index in [1.807, 2.05) is 44.2 Å². The highest BCUT2D eigenvalue weighted by molar-refractivity contribution is 6.36. The van der Waals surface area contributed by atoms with Crippen molar-refractivity contribution in [2.24, 2.45) is 0 Å². The van der Waals surface area contributed by atoms with Crippen LogP contribution in [0.25, 0.3) is 5.57 Å². The molecule has 2 aliphatic rings. The second kappa shape index (κ2) is 7.95. The van der Waals surface area contributed by atoms with Crippen LogP contribution in [0, 0.1) is 13.8 Å². The van der Waals surface area contributed by atoms with E-state index in [2.05, 4.69) is 34.3 Å². The first-order chi connectivity index (χ1) is 14.3. The smallest absolute Gasteiger partial charge is 0.277 e. The Morgan fingerprint density at radius 2 is 1.50 bits per heavy atom. The van der Waals surface area contributed by atoms with E-state index in [9.17, 15) is 9.59 Å². The summed E-state index contributed by atoms with van der Waals surface area (Å²) in [7, 11) is 3.67. The van der Waals surface area contributed by atoms with Crippen molar-refractivity contribution in [1.82, 2.24) is 9.80 Å². The molecule has 2 aromatic rings. The maximum atomic E-state index is 12.8. The lowest BCUT2D eigenvalue weighted by atomic mass is 9.97. The lowest BCUT2D eigenvalue weighted by molar-refractivity contribution is -0.135. The zero-order valence-electron chi connectivity index (χ0n) is 18.0. The fourth-order valence-electron chi connectivity index (χ4n) is 4.07. The summed E-state index contributed by atoms with van der Waals surface area (Å²) in [6.07, 6.45) is 0. The normalized spacial score (nSPS) is 17.9. The van der Waals surface area contributed by atoms with Gasteiger partial charge in [0.15, 0.2) is 0 Å². The van der Waals surface area contributed by atoms with Gasteiger partial charge in [-0.3, -0.25) is 14.5 Å². The molecule has 4 rings (SSSR count). The highest BCUT2D eigenvalue weighted by Crippen LogP contribution is 2.32. The molecule has 0 atom stereocenters. The molecule has 0 saturated carbocycles. The molecule has 0 bridgehead atoms. The number of carbonyl (C=O) groups excluding carboxylic acids is 2. The Kier molecular flexibility index (Phi) is 5.35. The highest BCUT2D eigenvalue weighted by atomic mass is 16.2. The van der Waals surface area contributed by atoms with Crippen LogP contribution < -0.4 is 10.2 Å². The molecule has 6 nitrogen and oxygen atoms in total. The largest absolute Gasteiger partial charge is 0.369 e. The van der Waals surface area contributed by atoms with Crippen LogP contribution in [0.15, 0.2) is 48.2 Å². The molecule has 0 aromatic heterocycles. The zero-order chi connectivity index (χ0) is 21.4. The minimum Gasteiger partial charge on any atom is -0.369 e. The summed E-state index contributed by atoms with van der Waals surface area (Å²) in [5.41, 5.74) is 5.62. The van der Waals surface area contributed by atoms with Gasteiger partial charge in [-0.2, -0.15) is 0 Å². The molecular weight excluding hydrogens is 376 g/mol. The maximum absolute atomic E-state index is 12.8. The Bertz CT molecular complexity index is 1020. The van der Waals surface area contributed by atoms with Gasteiger partial charge in [-0.1, -0.05) is 23.8 Å². The molecule has 2 aromatic carbocycles. The summed E-state index contributed by atoms with van der Waals surface area (Å²) >= 11 is 0. The number of amides is 2. The molecule has 1 saturated heterocycles. The molecule has 2 heterocycles.